The molecule has 0 saturated heterocycles. The molecule has 0 saturated carbocycles. The van der Waals surface area contributed by atoms with E-state index in [0.717, 1.165) is 30.6 Å². The van der Waals surface area contributed by atoms with E-state index in [2.05, 4.69) is 58.1 Å². The van der Waals surface area contributed by atoms with E-state index in [9.17, 15) is 0 Å². The summed E-state index contributed by atoms with van der Waals surface area (Å²) in [5.74, 6) is 0.860. The highest BCUT2D eigenvalue weighted by Gasteiger charge is 2.26. The van der Waals surface area contributed by atoms with Gasteiger partial charge in [0.15, 0.2) is 0 Å². The molecule has 2 rings (SSSR count). The van der Waals surface area contributed by atoms with E-state index in [-0.39, 0.29) is 5.60 Å². The van der Waals surface area contributed by atoms with Gasteiger partial charge in [0.25, 0.3) is 0 Å². The Balaban J connectivity index is 1.98. The lowest BCUT2D eigenvalue weighted by Gasteiger charge is -2.31. The van der Waals surface area contributed by atoms with Crippen LogP contribution in [-0.4, -0.2) is 5.60 Å². The van der Waals surface area contributed by atoms with Gasteiger partial charge < -0.3 is 4.74 Å². The molecule has 1 aromatic carbocycles. The molecule has 0 fully saturated rings. The Kier molecular flexibility index (Phi) is 5.45. The Labute approximate surface area is 139 Å². The highest BCUT2D eigenvalue weighted by Crippen LogP contribution is 2.34. The van der Waals surface area contributed by atoms with Crippen molar-refractivity contribution in [1.29, 1.82) is 5.26 Å². The minimum Gasteiger partial charge on any atom is -0.483 e. The average molecular weight is 307 g/mol. The summed E-state index contributed by atoms with van der Waals surface area (Å²) in [5, 5.41) is 8.96. The van der Waals surface area contributed by atoms with Crippen molar-refractivity contribution >= 4 is 6.08 Å². The summed E-state index contributed by atoms with van der Waals surface area (Å²) in [6.45, 7) is 8.55. The number of allylic oxidation sites excluding steroid dienone is 4. The minimum absolute atomic E-state index is 0.283. The van der Waals surface area contributed by atoms with Gasteiger partial charge in [-0.1, -0.05) is 29.4 Å². The van der Waals surface area contributed by atoms with Gasteiger partial charge in [0, 0.05) is 5.56 Å². The first-order chi connectivity index (χ1) is 10.9. The molecule has 1 aliphatic heterocycles. The van der Waals surface area contributed by atoms with Gasteiger partial charge in [0.1, 0.15) is 11.4 Å². The first-order valence-electron chi connectivity index (χ1n) is 8.13. The lowest BCUT2D eigenvalue weighted by atomic mass is 9.94. The summed E-state index contributed by atoms with van der Waals surface area (Å²) < 4.78 is 6.16. The monoisotopic (exact) mass is 307 g/mol. The van der Waals surface area contributed by atoms with Crippen molar-refractivity contribution in [2.24, 2.45) is 0 Å². The Hall–Kier alpha value is -2.27. The second kappa shape index (κ2) is 7.33. The lowest BCUT2D eigenvalue weighted by Crippen LogP contribution is -2.31. The maximum Gasteiger partial charge on any atom is 0.127 e. The Morgan fingerprint density at radius 2 is 2.04 bits per heavy atom. The van der Waals surface area contributed by atoms with Gasteiger partial charge in [0.2, 0.25) is 0 Å². The molecule has 0 spiro atoms. The van der Waals surface area contributed by atoms with E-state index in [1.54, 1.807) is 0 Å². The van der Waals surface area contributed by atoms with Crippen LogP contribution in [0.1, 0.15) is 58.1 Å². The van der Waals surface area contributed by atoms with E-state index in [4.69, 9.17) is 10.00 Å². The fourth-order valence-corrected chi connectivity index (χ4v) is 2.58. The van der Waals surface area contributed by atoms with Crippen molar-refractivity contribution in [3.8, 4) is 11.8 Å². The second-order valence-corrected chi connectivity index (χ2v) is 6.69. The topological polar surface area (TPSA) is 33.0 Å². The average Bonchev–Trinajstić information content (AvgIpc) is 2.52. The normalized spacial score (nSPS) is 19.5. The maximum absolute atomic E-state index is 8.96. The quantitative estimate of drug-likeness (QED) is 0.643. The number of hydrogen-bond donors (Lipinski definition) is 0. The van der Waals surface area contributed by atoms with E-state index >= 15 is 0 Å². The Bertz CT molecular complexity index is 699. The molecule has 0 N–H and O–H groups in total. The third kappa shape index (κ3) is 4.86. The van der Waals surface area contributed by atoms with Gasteiger partial charge in [-0.2, -0.15) is 5.26 Å². The maximum atomic E-state index is 8.96. The molecule has 1 aromatic rings. The number of rotatable bonds is 5. The van der Waals surface area contributed by atoms with Crippen LogP contribution in [0.25, 0.3) is 6.08 Å². The molecule has 0 bridgehead atoms. The van der Waals surface area contributed by atoms with Gasteiger partial charge in [-0.05, 0) is 71.2 Å². The fraction of sp³-hybridized carbons (Fsp3) is 0.381. The molecule has 0 radical (unpaired) electrons. The first kappa shape index (κ1) is 17.1. The molecule has 1 heterocycles. The summed E-state index contributed by atoms with van der Waals surface area (Å²) in [5.41, 5.74) is 4.12. The number of ether oxygens (including phenoxy) is 1. The molecule has 2 heteroatoms. The zero-order valence-electron chi connectivity index (χ0n) is 14.5. The summed E-state index contributed by atoms with van der Waals surface area (Å²) in [6.07, 6.45) is 11.7. The number of benzene rings is 1. The van der Waals surface area contributed by atoms with Crippen molar-refractivity contribution in [1.82, 2.24) is 0 Å². The van der Waals surface area contributed by atoms with Gasteiger partial charge in [-0.3, -0.25) is 0 Å². The van der Waals surface area contributed by atoms with E-state index < -0.39 is 0 Å². The molecular weight excluding hydrogens is 282 g/mol. The predicted molar refractivity (Wildman–Crippen MR) is 96.3 cm³/mol. The second-order valence-electron chi connectivity index (χ2n) is 6.69. The summed E-state index contributed by atoms with van der Waals surface area (Å²) in [7, 11) is 0. The molecule has 120 valence electrons. The number of fused-ring (bicyclic) bond motifs is 1. The molecule has 1 aliphatic rings. The van der Waals surface area contributed by atoms with Crippen LogP contribution in [0.4, 0.5) is 0 Å². The Morgan fingerprint density at radius 1 is 1.26 bits per heavy atom. The molecule has 1 unspecified atom stereocenters. The van der Waals surface area contributed by atoms with Crippen LogP contribution >= 0.6 is 0 Å². The SMILES string of the molecule is CC(C)=CC/C(C)=C/CCC1(C)C=Cc2cc(C#N)ccc2O1. The number of nitriles is 1. The van der Waals surface area contributed by atoms with Crippen LogP contribution in [0.3, 0.4) is 0 Å². The van der Waals surface area contributed by atoms with Crippen molar-refractivity contribution in [3.63, 3.8) is 0 Å². The van der Waals surface area contributed by atoms with Gasteiger partial charge in [-0.15, -0.1) is 0 Å². The van der Waals surface area contributed by atoms with Crippen molar-refractivity contribution in [2.45, 2.75) is 52.6 Å². The minimum atomic E-state index is -0.283. The van der Waals surface area contributed by atoms with Gasteiger partial charge in [0.05, 0.1) is 11.6 Å². The molecule has 0 aromatic heterocycles. The summed E-state index contributed by atoms with van der Waals surface area (Å²) >= 11 is 0. The molecule has 0 amide bonds. The van der Waals surface area contributed by atoms with Gasteiger partial charge >= 0.3 is 0 Å². The van der Waals surface area contributed by atoms with E-state index in [1.807, 2.05) is 18.2 Å². The molecular formula is C21H25NO. The molecule has 0 aliphatic carbocycles. The van der Waals surface area contributed by atoms with Crippen molar-refractivity contribution < 1.29 is 4.74 Å². The highest BCUT2D eigenvalue weighted by atomic mass is 16.5. The molecule has 1 atom stereocenters. The van der Waals surface area contributed by atoms with Crippen LogP contribution in [-0.2, 0) is 0 Å². The van der Waals surface area contributed by atoms with Crippen LogP contribution in [0.2, 0.25) is 0 Å². The van der Waals surface area contributed by atoms with Crippen LogP contribution in [0, 0.1) is 11.3 Å². The lowest BCUT2D eigenvalue weighted by molar-refractivity contribution is 0.128. The zero-order valence-corrected chi connectivity index (χ0v) is 14.5. The van der Waals surface area contributed by atoms with Gasteiger partial charge in [-0.25, -0.2) is 0 Å². The predicted octanol–water partition coefficient (Wildman–Crippen LogP) is 5.81. The first-order valence-corrected chi connectivity index (χ1v) is 8.13. The Morgan fingerprint density at radius 3 is 2.74 bits per heavy atom. The summed E-state index contributed by atoms with van der Waals surface area (Å²) in [6, 6.07) is 7.73. The smallest absolute Gasteiger partial charge is 0.127 e. The zero-order chi connectivity index (χ0) is 16.9. The number of hydrogen-bond acceptors (Lipinski definition) is 2. The standard InChI is InChI=1S/C21H25NO/c1-16(2)7-8-17(3)6-5-12-21(4)13-11-19-14-18(15-22)9-10-20(19)23-21/h6-7,9-11,13-14H,5,8,12H2,1-4H3/b17-6+. The van der Waals surface area contributed by atoms with Crippen molar-refractivity contribution in [3.05, 3.63) is 58.7 Å². The van der Waals surface area contributed by atoms with Crippen LogP contribution in [0.15, 0.2) is 47.6 Å². The molecule has 23 heavy (non-hydrogen) atoms. The fourth-order valence-electron chi connectivity index (χ4n) is 2.58. The summed E-state index contributed by atoms with van der Waals surface area (Å²) in [4.78, 5) is 0. The van der Waals surface area contributed by atoms with Crippen LogP contribution in [0.5, 0.6) is 5.75 Å². The number of nitrogens with zero attached hydrogens (tertiary/aromatic N) is 1. The highest BCUT2D eigenvalue weighted by molar-refractivity contribution is 5.63. The van der Waals surface area contributed by atoms with E-state index in [0.29, 0.717) is 5.56 Å². The largest absolute Gasteiger partial charge is 0.483 e. The third-order valence-corrected chi connectivity index (χ3v) is 4.06. The molecule has 2 nitrogen and oxygen atoms in total. The third-order valence-electron chi connectivity index (χ3n) is 4.06. The van der Waals surface area contributed by atoms with Crippen molar-refractivity contribution in [2.75, 3.05) is 0 Å². The van der Waals surface area contributed by atoms with Crippen LogP contribution < -0.4 is 4.74 Å². The van der Waals surface area contributed by atoms with E-state index in [1.165, 1.54) is 11.1 Å².